The van der Waals surface area contributed by atoms with E-state index in [1.54, 1.807) is 26.4 Å². The van der Waals surface area contributed by atoms with E-state index in [-0.39, 0.29) is 11.8 Å². The summed E-state index contributed by atoms with van der Waals surface area (Å²) in [6.07, 6.45) is 1.68. The first-order valence-corrected chi connectivity index (χ1v) is 8.95. The molecule has 144 valence electrons. The third kappa shape index (κ3) is 6.66. The Bertz CT molecular complexity index is 747. The van der Waals surface area contributed by atoms with Crippen molar-refractivity contribution in [2.75, 3.05) is 27.3 Å². The summed E-state index contributed by atoms with van der Waals surface area (Å²) in [5.74, 6) is 1.22. The lowest BCUT2D eigenvalue weighted by Gasteiger charge is -2.10. The normalized spacial score (nSPS) is 10.1. The van der Waals surface area contributed by atoms with E-state index in [4.69, 9.17) is 9.47 Å². The molecule has 0 spiro atoms. The molecular weight excluding hydrogens is 344 g/mol. The Labute approximate surface area is 159 Å². The topological polar surface area (TPSA) is 76.7 Å². The number of hydrogen-bond acceptors (Lipinski definition) is 4. The van der Waals surface area contributed by atoms with Crippen molar-refractivity contribution in [3.63, 3.8) is 0 Å². The van der Waals surface area contributed by atoms with Gasteiger partial charge in [0.2, 0.25) is 5.91 Å². The van der Waals surface area contributed by atoms with Crippen molar-refractivity contribution in [1.29, 1.82) is 0 Å². The SMILES string of the molecule is COc1ccc(CCNC(=O)CCCNC(=O)c2ccccc2)cc1OC. The van der Waals surface area contributed by atoms with Gasteiger partial charge in [0.25, 0.3) is 5.91 Å². The highest BCUT2D eigenvalue weighted by atomic mass is 16.5. The van der Waals surface area contributed by atoms with Crippen molar-refractivity contribution >= 4 is 11.8 Å². The van der Waals surface area contributed by atoms with Gasteiger partial charge in [-0.05, 0) is 42.7 Å². The van der Waals surface area contributed by atoms with Crippen LogP contribution in [0.5, 0.6) is 11.5 Å². The summed E-state index contributed by atoms with van der Waals surface area (Å²) in [7, 11) is 3.19. The minimum Gasteiger partial charge on any atom is -0.493 e. The Morgan fingerprint density at radius 1 is 0.889 bits per heavy atom. The molecule has 2 rings (SSSR count). The zero-order chi connectivity index (χ0) is 19.5. The first-order valence-electron chi connectivity index (χ1n) is 8.95. The fourth-order valence-corrected chi connectivity index (χ4v) is 2.61. The van der Waals surface area contributed by atoms with Gasteiger partial charge in [0.1, 0.15) is 0 Å². The summed E-state index contributed by atoms with van der Waals surface area (Å²) in [6.45, 7) is 1.02. The second-order valence-electron chi connectivity index (χ2n) is 6.01. The van der Waals surface area contributed by atoms with E-state index < -0.39 is 0 Å². The number of nitrogens with one attached hydrogen (secondary N) is 2. The van der Waals surface area contributed by atoms with E-state index in [2.05, 4.69) is 10.6 Å². The molecule has 2 amide bonds. The van der Waals surface area contributed by atoms with Gasteiger partial charge in [0.15, 0.2) is 11.5 Å². The van der Waals surface area contributed by atoms with Crippen LogP contribution in [-0.2, 0) is 11.2 Å². The summed E-state index contributed by atoms with van der Waals surface area (Å²) < 4.78 is 10.5. The average molecular weight is 370 g/mol. The molecule has 0 radical (unpaired) electrons. The monoisotopic (exact) mass is 370 g/mol. The molecule has 0 saturated heterocycles. The Kier molecular flexibility index (Phi) is 8.16. The lowest BCUT2D eigenvalue weighted by atomic mass is 10.1. The molecule has 0 unspecified atom stereocenters. The van der Waals surface area contributed by atoms with Crippen molar-refractivity contribution in [1.82, 2.24) is 10.6 Å². The summed E-state index contributed by atoms with van der Waals surface area (Å²) in [6, 6.07) is 14.7. The second-order valence-corrected chi connectivity index (χ2v) is 6.01. The maximum atomic E-state index is 11.9. The predicted octanol–water partition coefficient (Wildman–Crippen LogP) is 2.57. The van der Waals surface area contributed by atoms with Gasteiger partial charge >= 0.3 is 0 Å². The molecule has 0 saturated carbocycles. The Morgan fingerprint density at radius 2 is 1.63 bits per heavy atom. The minimum absolute atomic E-state index is 0.0237. The van der Waals surface area contributed by atoms with Crippen LogP contribution in [0.25, 0.3) is 0 Å². The smallest absolute Gasteiger partial charge is 0.251 e. The van der Waals surface area contributed by atoms with Crippen LogP contribution in [0.3, 0.4) is 0 Å². The van der Waals surface area contributed by atoms with E-state index in [1.807, 2.05) is 36.4 Å². The van der Waals surface area contributed by atoms with Crippen LogP contribution < -0.4 is 20.1 Å². The zero-order valence-corrected chi connectivity index (χ0v) is 15.8. The molecule has 0 bridgehead atoms. The molecule has 2 aromatic carbocycles. The highest BCUT2D eigenvalue weighted by Gasteiger charge is 2.07. The lowest BCUT2D eigenvalue weighted by molar-refractivity contribution is -0.121. The fraction of sp³-hybridized carbons (Fsp3) is 0.333. The predicted molar refractivity (Wildman–Crippen MR) is 104 cm³/mol. The number of carbonyl (C=O) groups excluding carboxylic acids is 2. The summed E-state index contributed by atoms with van der Waals surface area (Å²) >= 11 is 0. The number of benzene rings is 2. The van der Waals surface area contributed by atoms with Crippen molar-refractivity contribution in [2.45, 2.75) is 19.3 Å². The maximum absolute atomic E-state index is 11.9. The molecule has 2 aromatic rings. The quantitative estimate of drug-likeness (QED) is 0.630. The summed E-state index contributed by atoms with van der Waals surface area (Å²) in [5.41, 5.74) is 1.68. The minimum atomic E-state index is -0.121. The van der Waals surface area contributed by atoms with Gasteiger partial charge in [-0.1, -0.05) is 24.3 Å². The zero-order valence-electron chi connectivity index (χ0n) is 15.8. The standard InChI is InChI=1S/C21H26N2O4/c1-26-18-11-10-16(15-19(18)27-2)12-14-22-20(24)9-6-13-23-21(25)17-7-4-3-5-8-17/h3-5,7-8,10-11,15H,6,9,12-14H2,1-2H3,(H,22,24)(H,23,25). The first-order chi connectivity index (χ1) is 13.1. The first kappa shape index (κ1) is 20.3. The fourth-order valence-electron chi connectivity index (χ4n) is 2.61. The molecule has 0 aromatic heterocycles. The van der Waals surface area contributed by atoms with Gasteiger partial charge in [0, 0.05) is 25.1 Å². The number of ether oxygens (including phenoxy) is 2. The number of methoxy groups -OCH3 is 2. The molecule has 0 fully saturated rings. The lowest BCUT2D eigenvalue weighted by Crippen LogP contribution is -2.28. The van der Waals surface area contributed by atoms with Gasteiger partial charge in [-0.25, -0.2) is 0 Å². The molecule has 0 atom stereocenters. The summed E-state index contributed by atoms with van der Waals surface area (Å²) in [4.78, 5) is 23.8. The van der Waals surface area contributed by atoms with Gasteiger partial charge in [-0.15, -0.1) is 0 Å². The van der Waals surface area contributed by atoms with Crippen LogP contribution in [0.1, 0.15) is 28.8 Å². The number of hydrogen-bond donors (Lipinski definition) is 2. The van der Waals surface area contributed by atoms with Gasteiger partial charge in [0.05, 0.1) is 14.2 Å². The van der Waals surface area contributed by atoms with Crippen molar-refractivity contribution < 1.29 is 19.1 Å². The van der Waals surface area contributed by atoms with Gasteiger partial charge in [-0.3, -0.25) is 9.59 Å². The molecule has 6 nitrogen and oxygen atoms in total. The third-order valence-corrected chi connectivity index (χ3v) is 4.09. The Morgan fingerprint density at radius 3 is 2.33 bits per heavy atom. The highest BCUT2D eigenvalue weighted by molar-refractivity contribution is 5.94. The van der Waals surface area contributed by atoms with Crippen molar-refractivity contribution in [3.8, 4) is 11.5 Å². The second kappa shape index (κ2) is 10.9. The van der Waals surface area contributed by atoms with E-state index in [1.165, 1.54) is 0 Å². The van der Waals surface area contributed by atoms with Crippen LogP contribution in [0.2, 0.25) is 0 Å². The largest absolute Gasteiger partial charge is 0.493 e. The summed E-state index contributed by atoms with van der Waals surface area (Å²) in [5, 5.41) is 5.71. The van der Waals surface area contributed by atoms with Crippen LogP contribution in [0.4, 0.5) is 0 Å². The molecule has 0 aliphatic carbocycles. The molecule has 27 heavy (non-hydrogen) atoms. The van der Waals surface area contributed by atoms with E-state index >= 15 is 0 Å². The molecule has 0 aliphatic heterocycles. The molecule has 0 heterocycles. The number of amides is 2. The highest BCUT2D eigenvalue weighted by Crippen LogP contribution is 2.27. The maximum Gasteiger partial charge on any atom is 0.251 e. The molecule has 6 heteroatoms. The van der Waals surface area contributed by atoms with Crippen molar-refractivity contribution in [2.24, 2.45) is 0 Å². The number of rotatable bonds is 10. The third-order valence-electron chi connectivity index (χ3n) is 4.09. The molecular formula is C21H26N2O4. The van der Waals surface area contributed by atoms with Gasteiger partial charge in [-0.2, -0.15) is 0 Å². The van der Waals surface area contributed by atoms with Gasteiger partial charge < -0.3 is 20.1 Å². The van der Waals surface area contributed by atoms with Crippen LogP contribution >= 0.6 is 0 Å². The molecule has 0 aliphatic rings. The van der Waals surface area contributed by atoms with E-state index in [9.17, 15) is 9.59 Å². The number of carbonyl (C=O) groups is 2. The Balaban J connectivity index is 1.63. The van der Waals surface area contributed by atoms with Crippen molar-refractivity contribution in [3.05, 3.63) is 59.7 Å². The van der Waals surface area contributed by atoms with Crippen LogP contribution in [0, 0.1) is 0 Å². The van der Waals surface area contributed by atoms with Crippen LogP contribution in [0.15, 0.2) is 48.5 Å². The molecule has 2 N–H and O–H groups in total. The van der Waals surface area contributed by atoms with E-state index in [0.717, 1.165) is 5.56 Å². The Hall–Kier alpha value is -3.02. The van der Waals surface area contributed by atoms with E-state index in [0.29, 0.717) is 49.4 Å². The average Bonchev–Trinajstić information content (AvgIpc) is 2.71. The van der Waals surface area contributed by atoms with Crippen LogP contribution in [-0.4, -0.2) is 39.1 Å².